The molecule has 1 aliphatic rings. The molecule has 0 aromatic rings. The largest absolute Gasteiger partial charge is 0.373 e. The Bertz CT molecular complexity index is 165. The SMILES string of the molecule is CCCNCCCCN1C[C@@H](C)O[C@@H](C)C1. The Balaban J connectivity index is 1.99. The summed E-state index contributed by atoms with van der Waals surface area (Å²) in [7, 11) is 0. The highest BCUT2D eigenvalue weighted by Crippen LogP contribution is 2.10. The van der Waals surface area contributed by atoms with E-state index in [1.807, 2.05) is 0 Å². The van der Waals surface area contributed by atoms with E-state index in [0.29, 0.717) is 12.2 Å². The van der Waals surface area contributed by atoms with Gasteiger partial charge >= 0.3 is 0 Å². The van der Waals surface area contributed by atoms with Gasteiger partial charge in [-0.05, 0) is 52.7 Å². The first kappa shape index (κ1) is 13.9. The molecule has 0 aromatic heterocycles. The molecule has 96 valence electrons. The summed E-state index contributed by atoms with van der Waals surface area (Å²) in [5.74, 6) is 0. The third-order valence-electron chi connectivity index (χ3n) is 3.00. The standard InChI is InChI=1S/C13H28N2O/c1-4-7-14-8-5-6-9-15-10-12(2)16-13(3)11-15/h12-14H,4-11H2,1-3H3/t12-,13+. The molecular weight excluding hydrogens is 200 g/mol. The molecule has 1 saturated heterocycles. The average molecular weight is 228 g/mol. The van der Waals surface area contributed by atoms with Crippen molar-refractivity contribution in [3.05, 3.63) is 0 Å². The lowest BCUT2D eigenvalue weighted by Crippen LogP contribution is -2.45. The summed E-state index contributed by atoms with van der Waals surface area (Å²) in [5.41, 5.74) is 0. The van der Waals surface area contributed by atoms with Crippen molar-refractivity contribution in [2.24, 2.45) is 0 Å². The number of hydrogen-bond donors (Lipinski definition) is 1. The van der Waals surface area contributed by atoms with Crippen molar-refractivity contribution >= 4 is 0 Å². The first-order chi connectivity index (χ1) is 7.72. The van der Waals surface area contributed by atoms with Gasteiger partial charge in [-0.1, -0.05) is 6.92 Å². The Morgan fingerprint density at radius 2 is 1.81 bits per heavy atom. The Morgan fingerprint density at radius 1 is 1.12 bits per heavy atom. The number of rotatable bonds is 7. The predicted molar refractivity (Wildman–Crippen MR) is 68.8 cm³/mol. The number of hydrogen-bond acceptors (Lipinski definition) is 3. The number of unbranched alkanes of at least 4 members (excludes halogenated alkanes) is 1. The first-order valence-corrected chi connectivity index (χ1v) is 6.81. The van der Waals surface area contributed by atoms with Crippen LogP contribution in [-0.4, -0.2) is 49.8 Å². The maximum atomic E-state index is 5.72. The number of morpholine rings is 1. The fourth-order valence-corrected chi connectivity index (χ4v) is 2.35. The van der Waals surface area contributed by atoms with Crippen molar-refractivity contribution in [2.75, 3.05) is 32.7 Å². The Hall–Kier alpha value is -0.120. The Morgan fingerprint density at radius 3 is 2.44 bits per heavy atom. The normalized spacial score (nSPS) is 27.2. The molecule has 1 N–H and O–H groups in total. The van der Waals surface area contributed by atoms with Crippen LogP contribution in [0, 0.1) is 0 Å². The van der Waals surface area contributed by atoms with Crippen LogP contribution in [0.25, 0.3) is 0 Å². The van der Waals surface area contributed by atoms with Crippen molar-refractivity contribution in [2.45, 2.75) is 52.2 Å². The molecule has 0 radical (unpaired) electrons. The maximum absolute atomic E-state index is 5.72. The van der Waals surface area contributed by atoms with E-state index in [4.69, 9.17) is 4.74 Å². The van der Waals surface area contributed by atoms with E-state index >= 15 is 0 Å². The van der Waals surface area contributed by atoms with Gasteiger partial charge in [-0.25, -0.2) is 0 Å². The zero-order chi connectivity index (χ0) is 11.8. The van der Waals surface area contributed by atoms with Crippen LogP contribution in [0.3, 0.4) is 0 Å². The van der Waals surface area contributed by atoms with E-state index in [0.717, 1.165) is 19.6 Å². The van der Waals surface area contributed by atoms with Crippen molar-refractivity contribution in [1.82, 2.24) is 10.2 Å². The quantitative estimate of drug-likeness (QED) is 0.673. The van der Waals surface area contributed by atoms with Gasteiger partial charge in [0, 0.05) is 13.1 Å². The summed E-state index contributed by atoms with van der Waals surface area (Å²) in [5, 5.41) is 3.45. The van der Waals surface area contributed by atoms with Crippen molar-refractivity contribution in [3.8, 4) is 0 Å². The highest BCUT2D eigenvalue weighted by Gasteiger charge is 2.21. The van der Waals surface area contributed by atoms with Crippen LogP contribution in [-0.2, 0) is 4.74 Å². The molecule has 0 bridgehead atoms. The molecule has 3 heteroatoms. The molecular formula is C13H28N2O. The Kier molecular flexibility index (Phi) is 7.01. The molecule has 0 aromatic carbocycles. The predicted octanol–water partition coefficient (Wildman–Crippen LogP) is 1.88. The second-order valence-corrected chi connectivity index (χ2v) is 4.97. The van der Waals surface area contributed by atoms with Gasteiger partial charge in [-0.3, -0.25) is 4.90 Å². The van der Waals surface area contributed by atoms with Crippen molar-refractivity contribution in [1.29, 1.82) is 0 Å². The minimum Gasteiger partial charge on any atom is -0.373 e. The summed E-state index contributed by atoms with van der Waals surface area (Å²) >= 11 is 0. The molecule has 1 aliphatic heterocycles. The van der Waals surface area contributed by atoms with Crippen LogP contribution in [0.2, 0.25) is 0 Å². The van der Waals surface area contributed by atoms with Crippen LogP contribution >= 0.6 is 0 Å². The monoisotopic (exact) mass is 228 g/mol. The summed E-state index contributed by atoms with van der Waals surface area (Å²) in [6.07, 6.45) is 4.64. The summed E-state index contributed by atoms with van der Waals surface area (Å²) in [6, 6.07) is 0. The highest BCUT2D eigenvalue weighted by atomic mass is 16.5. The zero-order valence-electron chi connectivity index (χ0n) is 11.2. The van der Waals surface area contributed by atoms with Gasteiger partial charge in [0.1, 0.15) is 0 Å². The molecule has 0 spiro atoms. The average Bonchev–Trinajstić information content (AvgIpc) is 2.22. The van der Waals surface area contributed by atoms with Crippen molar-refractivity contribution < 1.29 is 4.74 Å². The summed E-state index contributed by atoms with van der Waals surface area (Å²) in [4.78, 5) is 2.54. The molecule has 1 fully saturated rings. The fourth-order valence-electron chi connectivity index (χ4n) is 2.35. The topological polar surface area (TPSA) is 24.5 Å². The molecule has 0 amide bonds. The molecule has 16 heavy (non-hydrogen) atoms. The minimum atomic E-state index is 0.405. The lowest BCUT2D eigenvalue weighted by atomic mass is 10.2. The Labute approximate surface area is 101 Å². The highest BCUT2D eigenvalue weighted by molar-refractivity contribution is 4.72. The second kappa shape index (κ2) is 8.04. The number of nitrogens with zero attached hydrogens (tertiary/aromatic N) is 1. The molecule has 0 aliphatic carbocycles. The third-order valence-corrected chi connectivity index (χ3v) is 3.00. The summed E-state index contributed by atoms with van der Waals surface area (Å²) in [6.45, 7) is 12.3. The molecule has 1 heterocycles. The van der Waals surface area contributed by atoms with E-state index in [-0.39, 0.29) is 0 Å². The van der Waals surface area contributed by atoms with Crippen LogP contribution < -0.4 is 5.32 Å². The fraction of sp³-hybridized carbons (Fsp3) is 1.00. The molecule has 1 rings (SSSR count). The van der Waals surface area contributed by atoms with Crippen LogP contribution in [0.1, 0.15) is 40.0 Å². The van der Waals surface area contributed by atoms with Gasteiger partial charge in [-0.15, -0.1) is 0 Å². The van der Waals surface area contributed by atoms with E-state index in [2.05, 4.69) is 31.0 Å². The minimum absolute atomic E-state index is 0.405. The summed E-state index contributed by atoms with van der Waals surface area (Å²) < 4.78 is 5.72. The van der Waals surface area contributed by atoms with Gasteiger partial charge in [0.15, 0.2) is 0 Å². The molecule has 0 unspecified atom stereocenters. The van der Waals surface area contributed by atoms with E-state index in [9.17, 15) is 0 Å². The third kappa shape index (κ3) is 5.83. The van der Waals surface area contributed by atoms with Crippen LogP contribution in [0.15, 0.2) is 0 Å². The molecule has 3 nitrogen and oxygen atoms in total. The lowest BCUT2D eigenvalue weighted by Gasteiger charge is -2.35. The van der Waals surface area contributed by atoms with Gasteiger partial charge in [0.05, 0.1) is 12.2 Å². The maximum Gasteiger partial charge on any atom is 0.0678 e. The van der Waals surface area contributed by atoms with Crippen molar-refractivity contribution in [3.63, 3.8) is 0 Å². The van der Waals surface area contributed by atoms with Crippen LogP contribution in [0.5, 0.6) is 0 Å². The van der Waals surface area contributed by atoms with Gasteiger partial charge < -0.3 is 10.1 Å². The van der Waals surface area contributed by atoms with Gasteiger partial charge in [0.2, 0.25) is 0 Å². The van der Waals surface area contributed by atoms with Gasteiger partial charge in [0.25, 0.3) is 0 Å². The molecule has 2 atom stereocenters. The first-order valence-electron chi connectivity index (χ1n) is 6.81. The van der Waals surface area contributed by atoms with Crippen LogP contribution in [0.4, 0.5) is 0 Å². The van der Waals surface area contributed by atoms with E-state index in [1.165, 1.54) is 32.4 Å². The number of ether oxygens (including phenoxy) is 1. The number of nitrogens with one attached hydrogen (secondary N) is 1. The molecule has 0 saturated carbocycles. The van der Waals surface area contributed by atoms with E-state index in [1.54, 1.807) is 0 Å². The zero-order valence-corrected chi connectivity index (χ0v) is 11.2. The second-order valence-electron chi connectivity index (χ2n) is 4.97. The smallest absolute Gasteiger partial charge is 0.0678 e. The van der Waals surface area contributed by atoms with Gasteiger partial charge in [-0.2, -0.15) is 0 Å². The lowest BCUT2D eigenvalue weighted by molar-refractivity contribution is -0.0681. The van der Waals surface area contributed by atoms with E-state index < -0.39 is 0 Å².